The highest BCUT2D eigenvalue weighted by molar-refractivity contribution is 5.96. The van der Waals surface area contributed by atoms with Gasteiger partial charge >= 0.3 is 5.97 Å². The van der Waals surface area contributed by atoms with E-state index in [0.29, 0.717) is 0 Å². The third-order valence-corrected chi connectivity index (χ3v) is 3.91. The fourth-order valence-corrected chi connectivity index (χ4v) is 1.93. The van der Waals surface area contributed by atoms with Crippen molar-refractivity contribution in [3.8, 4) is 0 Å². The number of nitrogens with two attached hydrogens (primary N) is 1. The van der Waals surface area contributed by atoms with E-state index < -0.39 is 22.3 Å². The maximum absolute atomic E-state index is 12.1. The molecule has 0 saturated carbocycles. The van der Waals surface area contributed by atoms with Gasteiger partial charge in [0.1, 0.15) is 11.7 Å². The Morgan fingerprint density at radius 3 is 2.58 bits per heavy atom. The van der Waals surface area contributed by atoms with Gasteiger partial charge in [0.05, 0.1) is 10.5 Å². The molecule has 130 valence electrons. The van der Waals surface area contributed by atoms with Crippen molar-refractivity contribution in [1.82, 2.24) is 4.98 Å². The van der Waals surface area contributed by atoms with Crippen molar-refractivity contribution in [2.75, 3.05) is 0 Å². The van der Waals surface area contributed by atoms with Crippen LogP contribution in [0.2, 0.25) is 0 Å². The Kier molecular flexibility index (Phi) is 6.10. The molecule has 24 heavy (non-hydrogen) atoms. The number of carbonyl (C=O) groups is 2. The van der Waals surface area contributed by atoms with E-state index in [1.54, 1.807) is 20.8 Å². The van der Waals surface area contributed by atoms with Crippen molar-refractivity contribution in [2.45, 2.75) is 39.7 Å². The van der Waals surface area contributed by atoms with E-state index in [4.69, 9.17) is 10.5 Å². The lowest BCUT2D eigenvalue weighted by atomic mass is 9.89. The number of nitro groups is 1. The zero-order valence-electron chi connectivity index (χ0n) is 14.0. The van der Waals surface area contributed by atoms with Crippen molar-refractivity contribution in [1.29, 1.82) is 0 Å². The van der Waals surface area contributed by atoms with Crippen LogP contribution >= 0.6 is 0 Å². The van der Waals surface area contributed by atoms with Crippen molar-refractivity contribution in [2.24, 2.45) is 16.6 Å². The number of carbonyl (C=O) groups excluding carboxylic acids is 2. The summed E-state index contributed by atoms with van der Waals surface area (Å²) in [5.74, 6) is -1.71. The fraction of sp³-hybridized carbons (Fsp3) is 0.467. The number of ether oxygens (including phenoxy) is 1. The van der Waals surface area contributed by atoms with Gasteiger partial charge in [-0.15, -0.1) is 0 Å². The number of nitrogens with zero attached hydrogens (tertiary/aromatic N) is 3. The molecule has 1 unspecified atom stereocenters. The molecule has 1 amide bonds. The van der Waals surface area contributed by atoms with Gasteiger partial charge in [-0.25, -0.2) is 9.79 Å². The standard InChI is InChI=1S/C15H20N4O5/c1-5-10-11(6-17-7-12(10)19(22)23)13(20)24-8-18-15(4,9(2)3)14(16)21/h6-9H,5H2,1-4H3,(H2,16,21). The van der Waals surface area contributed by atoms with Crippen LogP contribution in [-0.2, 0) is 16.0 Å². The van der Waals surface area contributed by atoms with E-state index in [1.807, 2.05) is 0 Å². The normalized spacial score (nSPS) is 13.7. The average Bonchev–Trinajstić information content (AvgIpc) is 2.52. The number of rotatable bonds is 7. The summed E-state index contributed by atoms with van der Waals surface area (Å²) in [6.45, 7) is 6.71. The number of hydrogen-bond donors (Lipinski definition) is 1. The van der Waals surface area contributed by atoms with Crippen LogP contribution in [0, 0.1) is 16.0 Å². The minimum atomic E-state index is -1.23. The molecule has 1 aromatic rings. The molecule has 0 radical (unpaired) electrons. The molecule has 1 heterocycles. The van der Waals surface area contributed by atoms with Crippen LogP contribution in [0.1, 0.15) is 43.6 Å². The predicted octanol–water partition coefficient (Wildman–Crippen LogP) is 1.64. The number of aromatic nitrogens is 1. The van der Waals surface area contributed by atoms with Gasteiger partial charge in [0.2, 0.25) is 5.91 Å². The lowest BCUT2D eigenvalue weighted by molar-refractivity contribution is -0.385. The molecule has 9 nitrogen and oxygen atoms in total. The van der Waals surface area contributed by atoms with Gasteiger partial charge in [-0.3, -0.25) is 19.9 Å². The van der Waals surface area contributed by atoms with Crippen molar-refractivity contribution >= 4 is 24.0 Å². The maximum atomic E-state index is 12.1. The molecular weight excluding hydrogens is 316 g/mol. The molecular formula is C15H20N4O5. The van der Waals surface area contributed by atoms with Crippen LogP contribution in [0.25, 0.3) is 0 Å². The van der Waals surface area contributed by atoms with E-state index in [9.17, 15) is 19.7 Å². The van der Waals surface area contributed by atoms with E-state index in [-0.39, 0.29) is 29.2 Å². The first-order valence-corrected chi connectivity index (χ1v) is 7.31. The quantitative estimate of drug-likeness (QED) is 0.264. The number of pyridine rings is 1. The highest BCUT2D eigenvalue weighted by Crippen LogP contribution is 2.23. The summed E-state index contributed by atoms with van der Waals surface area (Å²) < 4.78 is 4.90. The second-order valence-electron chi connectivity index (χ2n) is 5.60. The van der Waals surface area contributed by atoms with Crippen LogP contribution in [0.15, 0.2) is 17.4 Å². The third kappa shape index (κ3) is 3.92. The van der Waals surface area contributed by atoms with Gasteiger partial charge in [0, 0.05) is 11.8 Å². The highest BCUT2D eigenvalue weighted by atomic mass is 16.6. The summed E-state index contributed by atoms with van der Waals surface area (Å²) in [7, 11) is 0. The van der Waals surface area contributed by atoms with E-state index >= 15 is 0 Å². The molecule has 1 rings (SSSR count). The van der Waals surface area contributed by atoms with Crippen LogP contribution in [0.4, 0.5) is 5.69 Å². The summed E-state index contributed by atoms with van der Waals surface area (Å²) >= 11 is 0. The first-order valence-electron chi connectivity index (χ1n) is 7.31. The maximum Gasteiger partial charge on any atom is 0.346 e. The van der Waals surface area contributed by atoms with Crippen LogP contribution in [0.5, 0.6) is 0 Å². The predicted molar refractivity (Wildman–Crippen MR) is 86.6 cm³/mol. The van der Waals surface area contributed by atoms with Gasteiger partial charge in [0.15, 0.2) is 6.40 Å². The summed E-state index contributed by atoms with van der Waals surface area (Å²) in [6, 6.07) is 0. The average molecular weight is 336 g/mol. The molecule has 0 bridgehead atoms. The van der Waals surface area contributed by atoms with Crippen molar-refractivity contribution in [3.63, 3.8) is 0 Å². The minimum Gasteiger partial charge on any atom is -0.411 e. The third-order valence-electron chi connectivity index (χ3n) is 3.91. The van der Waals surface area contributed by atoms with E-state index in [2.05, 4.69) is 9.98 Å². The van der Waals surface area contributed by atoms with E-state index in [0.717, 1.165) is 12.6 Å². The Balaban J connectivity index is 3.05. The zero-order chi connectivity index (χ0) is 18.5. The Morgan fingerprint density at radius 1 is 1.50 bits per heavy atom. The Morgan fingerprint density at radius 2 is 2.12 bits per heavy atom. The molecule has 0 saturated heterocycles. The zero-order valence-corrected chi connectivity index (χ0v) is 14.0. The highest BCUT2D eigenvalue weighted by Gasteiger charge is 2.34. The summed E-state index contributed by atoms with van der Waals surface area (Å²) in [5, 5.41) is 11.0. The molecule has 2 N–H and O–H groups in total. The Hall–Kier alpha value is -2.84. The molecule has 1 aromatic heterocycles. The summed E-state index contributed by atoms with van der Waals surface area (Å²) in [6.07, 6.45) is 3.36. The number of amides is 1. The molecule has 0 fully saturated rings. The van der Waals surface area contributed by atoms with Gasteiger partial charge in [-0.2, -0.15) is 0 Å². The fourth-order valence-electron chi connectivity index (χ4n) is 1.93. The molecule has 0 aliphatic heterocycles. The Bertz CT molecular complexity index is 686. The topological polar surface area (TPSA) is 138 Å². The van der Waals surface area contributed by atoms with Crippen molar-refractivity contribution < 1.29 is 19.2 Å². The second-order valence-corrected chi connectivity index (χ2v) is 5.60. The van der Waals surface area contributed by atoms with Crippen LogP contribution in [0.3, 0.4) is 0 Å². The Labute approximate surface area is 139 Å². The lowest BCUT2D eigenvalue weighted by Gasteiger charge is -2.24. The monoisotopic (exact) mass is 336 g/mol. The number of hydrogen-bond acceptors (Lipinski definition) is 7. The molecule has 9 heteroatoms. The SMILES string of the molecule is CCc1c(C(=O)OC=NC(C)(C(N)=O)C(C)C)cncc1[N+](=O)[O-]. The van der Waals surface area contributed by atoms with Crippen LogP contribution in [-0.4, -0.2) is 33.7 Å². The minimum absolute atomic E-state index is 0.0246. The van der Waals surface area contributed by atoms with Gasteiger partial charge in [0.25, 0.3) is 5.69 Å². The molecule has 1 atom stereocenters. The van der Waals surface area contributed by atoms with Gasteiger partial charge in [-0.1, -0.05) is 20.8 Å². The second kappa shape index (κ2) is 7.62. The number of primary amides is 1. The van der Waals surface area contributed by atoms with Crippen molar-refractivity contribution in [3.05, 3.63) is 33.6 Å². The first-order chi connectivity index (χ1) is 11.1. The largest absolute Gasteiger partial charge is 0.411 e. The lowest BCUT2D eigenvalue weighted by Crippen LogP contribution is -2.44. The smallest absolute Gasteiger partial charge is 0.346 e. The summed E-state index contributed by atoms with van der Waals surface area (Å²) in [4.78, 5) is 41.6. The molecule has 0 spiro atoms. The first kappa shape index (κ1) is 19.2. The number of esters is 1. The summed E-state index contributed by atoms with van der Waals surface area (Å²) in [5.41, 5.74) is 4.03. The molecule has 0 aromatic carbocycles. The van der Waals surface area contributed by atoms with Gasteiger partial charge in [-0.05, 0) is 19.3 Å². The molecule has 0 aliphatic carbocycles. The molecule has 0 aliphatic rings. The van der Waals surface area contributed by atoms with Gasteiger partial charge < -0.3 is 10.5 Å². The van der Waals surface area contributed by atoms with E-state index in [1.165, 1.54) is 13.1 Å². The van der Waals surface area contributed by atoms with Crippen LogP contribution < -0.4 is 5.73 Å². The number of aliphatic imine (C=N–C) groups is 1.